The fourth-order valence-electron chi connectivity index (χ4n) is 1.30. The maximum absolute atomic E-state index is 10.3. The van der Waals surface area contributed by atoms with Gasteiger partial charge in [0.05, 0.1) is 6.42 Å². The van der Waals surface area contributed by atoms with Gasteiger partial charge in [0.1, 0.15) is 0 Å². The van der Waals surface area contributed by atoms with Gasteiger partial charge in [-0.25, -0.2) is 0 Å². The maximum atomic E-state index is 10.3. The van der Waals surface area contributed by atoms with E-state index >= 15 is 0 Å². The highest BCUT2D eigenvalue weighted by atomic mass is 35.5. The van der Waals surface area contributed by atoms with Gasteiger partial charge in [0.15, 0.2) is 0 Å². The lowest BCUT2D eigenvalue weighted by Gasteiger charge is -2.08. The zero-order valence-electron chi connectivity index (χ0n) is 9.63. The van der Waals surface area contributed by atoms with Gasteiger partial charge in [0, 0.05) is 5.38 Å². The van der Waals surface area contributed by atoms with Gasteiger partial charge in [-0.2, -0.15) is 0 Å². The van der Waals surface area contributed by atoms with E-state index in [0.717, 1.165) is 32.4 Å². The van der Waals surface area contributed by atoms with Crippen LogP contribution in [-0.2, 0) is 4.79 Å². The highest BCUT2D eigenvalue weighted by Gasteiger charge is 2.08. The molecular weight excluding hydrogens is 214 g/mol. The Kier molecular flexibility index (Phi) is 8.82. The predicted molar refractivity (Wildman–Crippen MR) is 63.5 cm³/mol. The zero-order valence-corrected chi connectivity index (χ0v) is 10.4. The first-order chi connectivity index (χ1) is 7.02. The largest absolute Gasteiger partial charge is 0.481 e. The number of halogens is 1. The summed E-state index contributed by atoms with van der Waals surface area (Å²) in [6.45, 7) is 6.39. The molecule has 0 saturated heterocycles. The summed E-state index contributed by atoms with van der Waals surface area (Å²) >= 11 is 5.84. The molecule has 4 heteroatoms. The Hall–Kier alpha value is -0.280. The van der Waals surface area contributed by atoms with Crippen molar-refractivity contribution >= 4 is 17.6 Å². The molecule has 0 fully saturated rings. The summed E-state index contributed by atoms with van der Waals surface area (Å²) in [7, 11) is 0. The molecule has 0 aromatic carbocycles. The van der Waals surface area contributed by atoms with Crippen LogP contribution >= 0.6 is 11.6 Å². The van der Waals surface area contributed by atoms with E-state index in [1.165, 1.54) is 0 Å². The second-order valence-electron chi connectivity index (χ2n) is 4.29. The van der Waals surface area contributed by atoms with Gasteiger partial charge in [-0.1, -0.05) is 20.3 Å². The maximum Gasteiger partial charge on any atom is 0.304 e. The van der Waals surface area contributed by atoms with Gasteiger partial charge in [-0.05, 0) is 31.8 Å². The van der Waals surface area contributed by atoms with Crippen molar-refractivity contribution in [2.24, 2.45) is 5.92 Å². The second-order valence-corrected chi connectivity index (χ2v) is 4.91. The molecular formula is C11H22ClNO2. The van der Waals surface area contributed by atoms with E-state index in [4.69, 9.17) is 16.7 Å². The number of alkyl halides is 1. The molecule has 3 nitrogen and oxygen atoms in total. The fourth-order valence-corrected chi connectivity index (χ4v) is 1.58. The van der Waals surface area contributed by atoms with Crippen molar-refractivity contribution in [3.05, 3.63) is 0 Å². The number of carboxylic acid groups (broad SMARTS) is 1. The van der Waals surface area contributed by atoms with Gasteiger partial charge in [-0.15, -0.1) is 11.6 Å². The Balaban J connectivity index is 3.20. The second kappa shape index (κ2) is 8.98. The molecule has 0 radical (unpaired) electrons. The van der Waals surface area contributed by atoms with Crippen molar-refractivity contribution < 1.29 is 9.90 Å². The van der Waals surface area contributed by atoms with E-state index in [0.29, 0.717) is 5.92 Å². The number of hydrogen-bond donors (Lipinski definition) is 2. The van der Waals surface area contributed by atoms with Crippen LogP contribution in [0.25, 0.3) is 0 Å². The van der Waals surface area contributed by atoms with Gasteiger partial charge >= 0.3 is 5.97 Å². The summed E-state index contributed by atoms with van der Waals surface area (Å²) in [5, 5.41) is 11.6. The van der Waals surface area contributed by atoms with E-state index in [1.807, 2.05) is 0 Å². The van der Waals surface area contributed by atoms with Crippen LogP contribution < -0.4 is 5.32 Å². The molecule has 0 amide bonds. The molecule has 0 aromatic heterocycles. The average Bonchev–Trinajstić information content (AvgIpc) is 2.09. The van der Waals surface area contributed by atoms with Crippen molar-refractivity contribution in [3.63, 3.8) is 0 Å². The lowest BCUT2D eigenvalue weighted by Crippen LogP contribution is -2.20. The molecule has 1 atom stereocenters. The van der Waals surface area contributed by atoms with Gasteiger partial charge < -0.3 is 10.4 Å². The van der Waals surface area contributed by atoms with Crippen molar-refractivity contribution in [1.29, 1.82) is 0 Å². The number of unbranched alkanes of at least 4 members (excludes halogenated alkanes) is 1. The molecule has 0 saturated carbocycles. The Bertz CT molecular complexity index is 174. The minimum atomic E-state index is -0.812. The van der Waals surface area contributed by atoms with Gasteiger partial charge in [0.25, 0.3) is 0 Å². The summed E-state index contributed by atoms with van der Waals surface area (Å²) in [5.74, 6) is -0.134. The number of rotatable bonds is 9. The smallest absolute Gasteiger partial charge is 0.304 e. The van der Waals surface area contributed by atoms with E-state index in [9.17, 15) is 4.79 Å². The fraction of sp³-hybridized carbons (Fsp3) is 0.909. The van der Waals surface area contributed by atoms with Crippen LogP contribution in [0, 0.1) is 5.92 Å². The Labute approximate surface area is 97.2 Å². The quantitative estimate of drug-likeness (QED) is 0.477. The first-order valence-electron chi connectivity index (χ1n) is 5.59. The van der Waals surface area contributed by atoms with Crippen LogP contribution in [0.4, 0.5) is 0 Å². The summed E-state index contributed by atoms with van der Waals surface area (Å²) in [6, 6.07) is 0. The lowest BCUT2D eigenvalue weighted by molar-refractivity contribution is -0.137. The van der Waals surface area contributed by atoms with Crippen molar-refractivity contribution in [2.45, 2.75) is 44.9 Å². The van der Waals surface area contributed by atoms with E-state index in [2.05, 4.69) is 19.2 Å². The van der Waals surface area contributed by atoms with Crippen molar-refractivity contribution in [2.75, 3.05) is 13.1 Å². The topological polar surface area (TPSA) is 49.3 Å². The first-order valence-corrected chi connectivity index (χ1v) is 6.02. The van der Waals surface area contributed by atoms with Crippen LogP contribution in [0.3, 0.4) is 0 Å². The summed E-state index contributed by atoms with van der Waals surface area (Å²) in [5.41, 5.74) is 0. The number of aliphatic carboxylic acids is 1. The molecule has 0 aromatic rings. The number of carbonyl (C=O) groups is 1. The molecule has 0 rings (SSSR count). The highest BCUT2D eigenvalue weighted by Crippen LogP contribution is 2.11. The van der Waals surface area contributed by atoms with Gasteiger partial charge in [0.2, 0.25) is 0 Å². The van der Waals surface area contributed by atoms with E-state index in [-0.39, 0.29) is 11.8 Å². The summed E-state index contributed by atoms with van der Waals surface area (Å²) in [6.07, 6.45) is 2.92. The molecule has 0 spiro atoms. The zero-order chi connectivity index (χ0) is 11.7. The molecule has 0 aliphatic rings. The first kappa shape index (κ1) is 14.7. The van der Waals surface area contributed by atoms with E-state index < -0.39 is 5.97 Å². The third-order valence-corrected chi connectivity index (χ3v) is 2.44. The summed E-state index contributed by atoms with van der Waals surface area (Å²) < 4.78 is 0. The standard InChI is InChI=1S/C11H22ClNO2/c1-9(2)8-13-6-4-3-5-10(12)7-11(14)15/h9-10,13H,3-8H2,1-2H3,(H,14,15). The number of hydrogen-bond acceptors (Lipinski definition) is 2. The molecule has 90 valence electrons. The molecule has 0 aliphatic heterocycles. The monoisotopic (exact) mass is 235 g/mol. The SMILES string of the molecule is CC(C)CNCCCCC(Cl)CC(=O)O. The molecule has 0 bridgehead atoms. The normalized spacial score (nSPS) is 13.1. The van der Waals surface area contributed by atoms with Gasteiger partial charge in [-0.3, -0.25) is 4.79 Å². The molecule has 0 heterocycles. The highest BCUT2D eigenvalue weighted by molar-refractivity contribution is 6.21. The Morgan fingerprint density at radius 1 is 1.40 bits per heavy atom. The minimum Gasteiger partial charge on any atom is -0.481 e. The number of nitrogens with one attached hydrogen (secondary N) is 1. The molecule has 1 unspecified atom stereocenters. The average molecular weight is 236 g/mol. The van der Waals surface area contributed by atoms with Crippen LogP contribution in [0.15, 0.2) is 0 Å². The van der Waals surface area contributed by atoms with Crippen molar-refractivity contribution in [1.82, 2.24) is 5.32 Å². The molecule has 2 N–H and O–H groups in total. The predicted octanol–water partition coefficient (Wildman–Crippen LogP) is 2.48. The number of carboxylic acids is 1. The minimum absolute atomic E-state index is 0.0704. The molecule has 15 heavy (non-hydrogen) atoms. The molecule has 0 aliphatic carbocycles. The van der Waals surface area contributed by atoms with Crippen LogP contribution in [-0.4, -0.2) is 29.5 Å². The van der Waals surface area contributed by atoms with E-state index in [1.54, 1.807) is 0 Å². The Morgan fingerprint density at radius 3 is 2.60 bits per heavy atom. The van der Waals surface area contributed by atoms with Crippen LogP contribution in [0.5, 0.6) is 0 Å². The van der Waals surface area contributed by atoms with Crippen molar-refractivity contribution in [3.8, 4) is 0 Å². The Morgan fingerprint density at radius 2 is 2.07 bits per heavy atom. The summed E-state index contributed by atoms with van der Waals surface area (Å²) in [4.78, 5) is 10.3. The van der Waals surface area contributed by atoms with Crippen LogP contribution in [0.1, 0.15) is 39.5 Å². The third-order valence-electron chi connectivity index (χ3n) is 2.07. The lowest BCUT2D eigenvalue weighted by atomic mass is 10.1. The third kappa shape index (κ3) is 11.6. The van der Waals surface area contributed by atoms with Crippen LogP contribution in [0.2, 0.25) is 0 Å².